The number of ether oxygens (including phenoxy) is 1. The molecule has 11 heteroatoms. The van der Waals surface area contributed by atoms with E-state index in [1.807, 2.05) is 30.5 Å². The van der Waals surface area contributed by atoms with Gasteiger partial charge in [0.15, 0.2) is 0 Å². The monoisotopic (exact) mass is 551 g/mol. The Bertz CT molecular complexity index is 1310. The molecule has 184 valence electrons. The quantitative estimate of drug-likeness (QED) is 0.396. The molecule has 1 aromatic heterocycles. The number of thioether (sulfide) groups is 1. The van der Waals surface area contributed by atoms with Gasteiger partial charge in [0, 0.05) is 24.1 Å². The van der Waals surface area contributed by atoms with Crippen molar-refractivity contribution < 1.29 is 17.9 Å². The van der Waals surface area contributed by atoms with Gasteiger partial charge in [0.05, 0.1) is 40.0 Å². The minimum atomic E-state index is -4.05. The first-order valence-corrected chi connectivity index (χ1v) is 14.1. The lowest BCUT2D eigenvalue weighted by Crippen LogP contribution is -2.46. The molecule has 1 saturated heterocycles. The van der Waals surface area contributed by atoms with Crippen LogP contribution in [0.4, 0.5) is 0 Å². The molecule has 4 rings (SSSR count). The summed E-state index contributed by atoms with van der Waals surface area (Å²) in [4.78, 5) is 18.3. The predicted molar refractivity (Wildman–Crippen MR) is 138 cm³/mol. The lowest BCUT2D eigenvalue weighted by molar-refractivity contribution is 0.0875. The molecule has 2 heterocycles. The van der Waals surface area contributed by atoms with Gasteiger partial charge in [-0.15, -0.1) is 11.8 Å². The molecule has 0 saturated carbocycles. The van der Waals surface area contributed by atoms with Crippen molar-refractivity contribution in [1.82, 2.24) is 15.0 Å². The number of carbonyl (C=O) groups is 1. The number of sulfonamides is 1. The highest BCUT2D eigenvalue weighted by atomic mass is 35.5. The topological polar surface area (TPSA) is 97.4 Å². The minimum Gasteiger partial charge on any atom is -0.379 e. The fourth-order valence-corrected chi connectivity index (χ4v) is 6.08. The molecule has 0 spiro atoms. The van der Waals surface area contributed by atoms with Crippen molar-refractivity contribution in [2.75, 3.05) is 19.5 Å². The molecule has 0 radical (unpaired) electrons. The van der Waals surface area contributed by atoms with Crippen molar-refractivity contribution in [2.24, 2.45) is 0 Å². The van der Waals surface area contributed by atoms with Crippen LogP contribution in [-0.2, 0) is 26.8 Å². The molecule has 1 atom stereocenters. The molecule has 2 N–H and O–H groups in total. The summed E-state index contributed by atoms with van der Waals surface area (Å²) in [5, 5.41) is 2.99. The third kappa shape index (κ3) is 5.82. The molecule has 7 nitrogen and oxygen atoms in total. The van der Waals surface area contributed by atoms with Gasteiger partial charge in [-0.1, -0.05) is 41.4 Å². The average molecular weight is 553 g/mol. The van der Waals surface area contributed by atoms with Crippen molar-refractivity contribution >= 4 is 50.9 Å². The molecule has 1 aliphatic heterocycles. The number of nitrogens with zero attached hydrogens (tertiary/aromatic N) is 1. The van der Waals surface area contributed by atoms with Gasteiger partial charge in [-0.05, 0) is 48.2 Å². The molecule has 0 bridgehead atoms. The van der Waals surface area contributed by atoms with Gasteiger partial charge in [-0.3, -0.25) is 9.78 Å². The lowest BCUT2D eigenvalue weighted by atomic mass is 9.88. The Balaban J connectivity index is 1.61. The number of hydrogen-bond acceptors (Lipinski definition) is 6. The largest absolute Gasteiger partial charge is 0.379 e. The zero-order valence-electron chi connectivity index (χ0n) is 18.8. The molecular weight excluding hydrogens is 529 g/mol. The molecule has 1 amide bonds. The number of benzene rings is 2. The SMILES string of the molecule is CSc1ccc(C2(NC(=O)c3cc(S(=O)(=O)NCc4ccccn4)c(Cl)cc3Cl)CCOC2)cc1. The standard InChI is InChI=1S/C24H23Cl2N3O4S2/c1-34-18-7-5-16(6-8-18)24(9-11-33-15-24)29-23(30)19-12-22(21(26)13-20(19)25)35(31,32)28-14-17-4-2-3-10-27-17/h2-8,10,12-13,28H,9,11,14-15H2,1H3,(H,29,30). The highest BCUT2D eigenvalue weighted by Crippen LogP contribution is 2.34. The molecule has 1 aliphatic rings. The van der Waals surface area contributed by atoms with Gasteiger partial charge < -0.3 is 10.1 Å². The van der Waals surface area contributed by atoms with Crippen LogP contribution in [0.1, 0.15) is 28.0 Å². The third-order valence-corrected chi connectivity index (χ3v) is 8.66. The molecule has 2 aromatic carbocycles. The summed E-state index contributed by atoms with van der Waals surface area (Å²) in [7, 11) is -4.05. The Morgan fingerprint density at radius 2 is 1.91 bits per heavy atom. The number of amides is 1. The van der Waals surface area contributed by atoms with Crippen molar-refractivity contribution in [3.8, 4) is 0 Å². The van der Waals surface area contributed by atoms with Crippen LogP contribution in [0, 0.1) is 0 Å². The number of rotatable bonds is 8. The van der Waals surface area contributed by atoms with Crippen molar-refractivity contribution in [1.29, 1.82) is 0 Å². The molecule has 1 fully saturated rings. The van der Waals surface area contributed by atoms with Gasteiger partial charge in [0.1, 0.15) is 4.90 Å². The maximum Gasteiger partial charge on any atom is 0.253 e. The van der Waals surface area contributed by atoms with Crippen LogP contribution in [-0.4, -0.2) is 38.8 Å². The Morgan fingerprint density at radius 3 is 2.54 bits per heavy atom. The molecule has 1 unspecified atom stereocenters. The van der Waals surface area contributed by atoms with Crippen LogP contribution >= 0.6 is 35.0 Å². The Kier molecular flexibility index (Phi) is 8.05. The van der Waals surface area contributed by atoms with Gasteiger partial charge in [-0.2, -0.15) is 0 Å². The minimum absolute atomic E-state index is 0.00119. The van der Waals surface area contributed by atoms with Gasteiger partial charge in [-0.25, -0.2) is 13.1 Å². The van der Waals surface area contributed by atoms with Crippen LogP contribution < -0.4 is 10.0 Å². The number of hydrogen-bond donors (Lipinski definition) is 2. The van der Waals surface area contributed by atoms with Crippen LogP contribution in [0.3, 0.4) is 0 Å². The maximum absolute atomic E-state index is 13.4. The van der Waals surface area contributed by atoms with E-state index in [0.717, 1.165) is 10.5 Å². The highest BCUT2D eigenvalue weighted by Gasteiger charge is 2.39. The van der Waals surface area contributed by atoms with Crippen LogP contribution in [0.5, 0.6) is 0 Å². The van der Waals surface area contributed by atoms with Gasteiger partial charge in [0.2, 0.25) is 10.0 Å². The highest BCUT2D eigenvalue weighted by molar-refractivity contribution is 7.98. The van der Waals surface area contributed by atoms with Crippen molar-refractivity contribution in [2.45, 2.75) is 28.3 Å². The fourth-order valence-electron chi connectivity index (χ4n) is 3.82. The van der Waals surface area contributed by atoms with Crippen molar-refractivity contribution in [3.05, 3.63) is 87.7 Å². The van der Waals surface area contributed by atoms with Crippen LogP contribution in [0.15, 0.2) is 70.6 Å². The second-order valence-corrected chi connectivity index (χ2v) is 11.4. The number of carbonyl (C=O) groups excluding carboxylic acids is 1. The van der Waals surface area contributed by atoms with E-state index in [2.05, 4.69) is 15.0 Å². The Hall–Kier alpha value is -2.14. The maximum atomic E-state index is 13.4. The van der Waals surface area contributed by atoms with E-state index in [0.29, 0.717) is 25.3 Å². The first-order valence-electron chi connectivity index (χ1n) is 10.7. The fraction of sp³-hybridized carbons (Fsp3) is 0.250. The molecular formula is C24H23Cl2N3O4S2. The molecule has 35 heavy (non-hydrogen) atoms. The number of aromatic nitrogens is 1. The van der Waals surface area contributed by atoms with Gasteiger partial charge >= 0.3 is 0 Å². The lowest BCUT2D eigenvalue weighted by Gasteiger charge is -2.30. The summed E-state index contributed by atoms with van der Waals surface area (Å²) in [5.74, 6) is -0.521. The first kappa shape index (κ1) is 25.9. The summed E-state index contributed by atoms with van der Waals surface area (Å²) in [6, 6.07) is 15.5. The normalized spacial score (nSPS) is 17.9. The van der Waals surface area contributed by atoms with Crippen LogP contribution in [0.25, 0.3) is 0 Å². The van der Waals surface area contributed by atoms with E-state index in [1.54, 1.807) is 36.2 Å². The van der Waals surface area contributed by atoms with Crippen LogP contribution in [0.2, 0.25) is 10.0 Å². The third-order valence-electron chi connectivity index (χ3n) is 5.74. The molecule has 0 aliphatic carbocycles. The van der Waals surface area contributed by atoms with E-state index < -0.39 is 21.5 Å². The average Bonchev–Trinajstić information content (AvgIpc) is 3.33. The van der Waals surface area contributed by atoms with E-state index in [-0.39, 0.29) is 27.0 Å². The second kappa shape index (κ2) is 10.9. The summed E-state index contributed by atoms with van der Waals surface area (Å²) in [6.07, 6.45) is 4.13. The van der Waals surface area contributed by atoms with E-state index in [9.17, 15) is 13.2 Å². The first-order chi connectivity index (χ1) is 16.7. The predicted octanol–water partition coefficient (Wildman–Crippen LogP) is 4.63. The smallest absolute Gasteiger partial charge is 0.253 e. The molecule has 3 aromatic rings. The number of pyridine rings is 1. The van der Waals surface area contributed by atoms with E-state index >= 15 is 0 Å². The summed E-state index contributed by atoms with van der Waals surface area (Å²) < 4.78 is 34.1. The van der Waals surface area contributed by atoms with Crippen molar-refractivity contribution in [3.63, 3.8) is 0 Å². The zero-order valence-corrected chi connectivity index (χ0v) is 21.9. The summed E-state index contributed by atoms with van der Waals surface area (Å²) in [6.45, 7) is 0.742. The second-order valence-electron chi connectivity index (χ2n) is 7.98. The Morgan fingerprint density at radius 1 is 1.14 bits per heavy atom. The van der Waals surface area contributed by atoms with E-state index in [1.165, 1.54) is 12.1 Å². The van der Waals surface area contributed by atoms with Gasteiger partial charge in [0.25, 0.3) is 5.91 Å². The number of nitrogens with one attached hydrogen (secondary N) is 2. The zero-order chi connectivity index (χ0) is 25.1. The van der Waals surface area contributed by atoms with E-state index in [4.69, 9.17) is 27.9 Å². The summed E-state index contributed by atoms with van der Waals surface area (Å²) in [5.41, 5.74) is 0.681. The number of halogens is 2. The Labute approximate surface area is 218 Å². The summed E-state index contributed by atoms with van der Waals surface area (Å²) >= 11 is 14.2.